The van der Waals surface area contributed by atoms with Gasteiger partial charge in [-0.2, -0.15) is 0 Å². The van der Waals surface area contributed by atoms with Crippen molar-refractivity contribution in [2.75, 3.05) is 6.61 Å². The van der Waals surface area contributed by atoms with Crippen molar-refractivity contribution in [3.05, 3.63) is 34.0 Å². The van der Waals surface area contributed by atoms with E-state index in [-0.39, 0.29) is 12.2 Å². The summed E-state index contributed by atoms with van der Waals surface area (Å²) in [4.78, 5) is 5.10. The molecule has 1 unspecified atom stereocenters. The number of rotatable bonds is 3. The first kappa shape index (κ1) is 13.4. The molecule has 18 heavy (non-hydrogen) atoms. The summed E-state index contributed by atoms with van der Waals surface area (Å²) in [7, 11) is 0. The molecule has 1 aromatic heterocycles. The van der Waals surface area contributed by atoms with Gasteiger partial charge in [0.15, 0.2) is 0 Å². The van der Waals surface area contributed by atoms with Gasteiger partial charge in [-0.1, -0.05) is 12.1 Å². The molecule has 2 rings (SSSR count). The van der Waals surface area contributed by atoms with E-state index in [9.17, 15) is 15.3 Å². The molecule has 4 atom stereocenters. The van der Waals surface area contributed by atoms with E-state index in [1.165, 1.54) is 17.4 Å². The fraction of sp³-hybridized carbons (Fsp3) is 0.417. The molecule has 0 aromatic carbocycles. The SMILES string of the molecule is OCC1=C[C@H](/N=C/c2cccs2)[C@H](O)C(O)[C@@H]1O. The number of hydrogen-bond acceptors (Lipinski definition) is 6. The number of aliphatic hydroxyl groups is 4. The monoisotopic (exact) mass is 269 g/mol. The fourth-order valence-corrected chi connectivity index (χ4v) is 2.42. The van der Waals surface area contributed by atoms with E-state index in [0.717, 1.165) is 4.88 Å². The largest absolute Gasteiger partial charge is 0.392 e. The van der Waals surface area contributed by atoms with Crippen LogP contribution in [0.15, 0.2) is 34.2 Å². The lowest BCUT2D eigenvalue weighted by Gasteiger charge is -2.32. The summed E-state index contributed by atoms with van der Waals surface area (Å²) >= 11 is 1.51. The molecule has 0 spiro atoms. The first-order valence-electron chi connectivity index (χ1n) is 5.56. The van der Waals surface area contributed by atoms with Crippen LogP contribution in [0.5, 0.6) is 0 Å². The van der Waals surface area contributed by atoms with Crippen molar-refractivity contribution in [1.82, 2.24) is 0 Å². The Bertz CT molecular complexity index is 443. The molecule has 1 aliphatic carbocycles. The number of thiophene rings is 1. The summed E-state index contributed by atoms with van der Waals surface area (Å²) < 4.78 is 0. The van der Waals surface area contributed by atoms with Crippen molar-refractivity contribution >= 4 is 17.6 Å². The Balaban J connectivity index is 2.18. The highest BCUT2D eigenvalue weighted by atomic mass is 32.1. The first-order chi connectivity index (χ1) is 8.63. The molecule has 4 N–H and O–H groups in total. The lowest BCUT2D eigenvalue weighted by atomic mass is 9.88. The molecule has 1 aromatic rings. The highest BCUT2D eigenvalue weighted by Crippen LogP contribution is 2.22. The van der Waals surface area contributed by atoms with Crippen LogP contribution in [0, 0.1) is 0 Å². The van der Waals surface area contributed by atoms with Crippen LogP contribution >= 0.6 is 11.3 Å². The third kappa shape index (κ3) is 2.68. The molecule has 0 fully saturated rings. The second kappa shape index (κ2) is 5.73. The van der Waals surface area contributed by atoms with Crippen molar-refractivity contribution in [1.29, 1.82) is 0 Å². The Labute approximate surface area is 108 Å². The van der Waals surface area contributed by atoms with Crippen molar-refractivity contribution < 1.29 is 20.4 Å². The van der Waals surface area contributed by atoms with Crippen LogP contribution in [-0.4, -0.2) is 57.6 Å². The molecular weight excluding hydrogens is 254 g/mol. The molecule has 0 aliphatic heterocycles. The molecular formula is C12H15NO4S. The average Bonchev–Trinajstić information content (AvgIpc) is 2.88. The second-order valence-corrected chi connectivity index (χ2v) is 5.09. The quantitative estimate of drug-likeness (QED) is 0.442. The van der Waals surface area contributed by atoms with E-state index in [1.807, 2.05) is 17.5 Å². The molecule has 1 aliphatic rings. The number of aliphatic imine (C=N–C) groups is 1. The predicted molar refractivity (Wildman–Crippen MR) is 68.9 cm³/mol. The fourth-order valence-electron chi connectivity index (χ4n) is 1.83. The first-order valence-corrected chi connectivity index (χ1v) is 6.43. The van der Waals surface area contributed by atoms with Crippen LogP contribution in [0.4, 0.5) is 0 Å². The van der Waals surface area contributed by atoms with Gasteiger partial charge >= 0.3 is 0 Å². The normalized spacial score (nSPS) is 32.8. The predicted octanol–water partition coefficient (Wildman–Crippen LogP) is -0.449. The highest BCUT2D eigenvalue weighted by molar-refractivity contribution is 7.11. The van der Waals surface area contributed by atoms with Gasteiger partial charge in [-0.3, -0.25) is 4.99 Å². The topological polar surface area (TPSA) is 93.3 Å². The molecule has 0 bridgehead atoms. The van der Waals surface area contributed by atoms with Crippen LogP contribution in [0.25, 0.3) is 0 Å². The minimum absolute atomic E-state index is 0.279. The van der Waals surface area contributed by atoms with Gasteiger partial charge in [0.1, 0.15) is 18.3 Å². The third-order valence-electron chi connectivity index (χ3n) is 2.89. The summed E-state index contributed by atoms with van der Waals surface area (Å²) in [5, 5.41) is 40.0. The Kier molecular flexibility index (Phi) is 4.26. The van der Waals surface area contributed by atoms with Crippen molar-refractivity contribution in [2.24, 2.45) is 4.99 Å². The Hall–Kier alpha value is -1.05. The molecule has 0 amide bonds. The maximum Gasteiger partial charge on any atom is 0.112 e. The second-order valence-electron chi connectivity index (χ2n) is 4.11. The zero-order chi connectivity index (χ0) is 13.1. The Morgan fingerprint density at radius 1 is 1.28 bits per heavy atom. The van der Waals surface area contributed by atoms with E-state index >= 15 is 0 Å². The molecule has 98 valence electrons. The van der Waals surface area contributed by atoms with Crippen LogP contribution in [0.3, 0.4) is 0 Å². The zero-order valence-corrected chi connectivity index (χ0v) is 10.4. The van der Waals surface area contributed by atoms with E-state index in [0.29, 0.717) is 0 Å². The maximum atomic E-state index is 9.80. The van der Waals surface area contributed by atoms with Gasteiger partial charge in [-0.05, 0) is 17.0 Å². The van der Waals surface area contributed by atoms with Gasteiger partial charge in [0.25, 0.3) is 0 Å². The number of aliphatic hydroxyl groups excluding tert-OH is 4. The van der Waals surface area contributed by atoms with Crippen LogP contribution in [0.1, 0.15) is 4.88 Å². The van der Waals surface area contributed by atoms with Crippen molar-refractivity contribution in [2.45, 2.75) is 24.4 Å². The lowest BCUT2D eigenvalue weighted by molar-refractivity contribution is -0.0592. The zero-order valence-electron chi connectivity index (χ0n) is 9.55. The maximum absolute atomic E-state index is 9.80. The average molecular weight is 269 g/mol. The van der Waals surface area contributed by atoms with E-state index in [2.05, 4.69) is 4.99 Å². The summed E-state index contributed by atoms with van der Waals surface area (Å²) in [6.07, 6.45) is -0.645. The standard InChI is InChI=1S/C12H15NO4S/c14-6-7-4-9(11(16)12(17)10(7)15)13-5-8-2-1-3-18-8/h1-5,9-12,14-17H,6H2/b13-5+/t9-,10+,11-,12?/m0/s1. The summed E-state index contributed by atoms with van der Waals surface area (Å²) in [6, 6.07) is 3.11. The van der Waals surface area contributed by atoms with Gasteiger partial charge in [0, 0.05) is 11.1 Å². The van der Waals surface area contributed by atoms with Gasteiger partial charge in [0.05, 0.1) is 12.6 Å². The highest BCUT2D eigenvalue weighted by Gasteiger charge is 2.36. The number of hydrogen-bond donors (Lipinski definition) is 4. The molecule has 5 nitrogen and oxygen atoms in total. The minimum Gasteiger partial charge on any atom is -0.392 e. The Morgan fingerprint density at radius 3 is 2.67 bits per heavy atom. The summed E-state index contributed by atoms with van der Waals surface area (Å²) in [5.41, 5.74) is 0.279. The molecule has 0 saturated heterocycles. The van der Waals surface area contributed by atoms with Crippen LogP contribution in [-0.2, 0) is 0 Å². The molecule has 0 radical (unpaired) electrons. The van der Waals surface area contributed by atoms with Gasteiger partial charge in [-0.25, -0.2) is 0 Å². The summed E-state index contributed by atoms with van der Waals surface area (Å²) in [6.45, 7) is -0.365. The van der Waals surface area contributed by atoms with Crippen LogP contribution < -0.4 is 0 Å². The Morgan fingerprint density at radius 2 is 2.06 bits per heavy atom. The van der Waals surface area contributed by atoms with Crippen molar-refractivity contribution in [3.63, 3.8) is 0 Å². The van der Waals surface area contributed by atoms with Gasteiger partial charge in [-0.15, -0.1) is 11.3 Å². The molecule has 1 heterocycles. The number of nitrogens with zero attached hydrogens (tertiary/aromatic N) is 1. The van der Waals surface area contributed by atoms with Crippen molar-refractivity contribution in [3.8, 4) is 0 Å². The van der Waals surface area contributed by atoms with Gasteiger partial charge < -0.3 is 20.4 Å². The van der Waals surface area contributed by atoms with E-state index in [1.54, 1.807) is 6.21 Å². The van der Waals surface area contributed by atoms with Gasteiger partial charge in [0.2, 0.25) is 0 Å². The molecule has 6 heteroatoms. The smallest absolute Gasteiger partial charge is 0.112 e. The van der Waals surface area contributed by atoms with Crippen LogP contribution in [0.2, 0.25) is 0 Å². The minimum atomic E-state index is -1.33. The molecule has 0 saturated carbocycles. The van der Waals surface area contributed by atoms with E-state index in [4.69, 9.17) is 5.11 Å². The third-order valence-corrected chi connectivity index (χ3v) is 3.69. The lowest BCUT2D eigenvalue weighted by Crippen LogP contribution is -2.48. The van der Waals surface area contributed by atoms with E-state index < -0.39 is 24.4 Å². The summed E-state index contributed by atoms with van der Waals surface area (Å²) in [5.74, 6) is 0.